The third-order valence-electron chi connectivity index (χ3n) is 6.54. The van der Waals surface area contributed by atoms with Crippen molar-refractivity contribution in [3.63, 3.8) is 0 Å². The molecule has 1 aliphatic rings. The van der Waals surface area contributed by atoms with Crippen molar-refractivity contribution in [2.24, 2.45) is 0 Å². The number of rotatable bonds is 7. The summed E-state index contributed by atoms with van der Waals surface area (Å²) in [5.41, 5.74) is 4.61. The van der Waals surface area contributed by atoms with Crippen LogP contribution in [0.4, 0.5) is 0 Å². The third-order valence-corrected chi connectivity index (χ3v) is 6.54. The minimum absolute atomic E-state index is 0. The van der Waals surface area contributed by atoms with Gasteiger partial charge in [-0.25, -0.2) is 4.79 Å². The number of hydrogen-bond donors (Lipinski definition) is 1. The summed E-state index contributed by atoms with van der Waals surface area (Å²) in [5, 5.41) is 0. The number of halogens is 2. The van der Waals surface area contributed by atoms with Gasteiger partial charge >= 0.3 is 5.69 Å². The molecule has 1 fully saturated rings. The smallest absolute Gasteiger partial charge is 0.326 e. The fourth-order valence-electron chi connectivity index (χ4n) is 4.91. The molecule has 35 heavy (non-hydrogen) atoms. The summed E-state index contributed by atoms with van der Waals surface area (Å²) in [4.78, 5) is 20.4. The molecule has 3 aromatic carbocycles. The Bertz CT molecular complexity index is 1170. The van der Waals surface area contributed by atoms with Gasteiger partial charge in [0.1, 0.15) is 0 Å². The molecule has 6 nitrogen and oxygen atoms in total. The van der Waals surface area contributed by atoms with Crippen LogP contribution in [0.1, 0.15) is 23.6 Å². The molecule has 188 valence electrons. The summed E-state index contributed by atoms with van der Waals surface area (Å²) in [6.45, 7) is 5.96. The number of nitrogens with one attached hydrogen (secondary N) is 1. The number of H-pyrrole nitrogens is 1. The van der Waals surface area contributed by atoms with Crippen molar-refractivity contribution in [2.75, 3.05) is 32.7 Å². The van der Waals surface area contributed by atoms with Crippen LogP contribution in [0.5, 0.6) is 0 Å². The predicted octanol–water partition coefficient (Wildman–Crippen LogP) is 4.15. The average Bonchev–Trinajstić information content (AvgIpc) is 3.17. The van der Waals surface area contributed by atoms with Crippen LogP contribution >= 0.6 is 24.8 Å². The molecule has 3 N–H and O–H groups in total. The molecule has 4 aromatic rings. The number of para-hydroxylation sites is 2. The largest absolute Gasteiger partial charge is 0.412 e. The highest BCUT2D eigenvalue weighted by Gasteiger charge is 2.26. The van der Waals surface area contributed by atoms with E-state index in [1.807, 2.05) is 28.8 Å². The maximum atomic E-state index is 12.3. The van der Waals surface area contributed by atoms with Gasteiger partial charge < -0.3 is 15.4 Å². The molecule has 5 rings (SSSR count). The number of aromatic amines is 1. The van der Waals surface area contributed by atoms with Gasteiger partial charge in [-0.15, -0.1) is 24.8 Å². The first-order valence-corrected chi connectivity index (χ1v) is 11.5. The first-order chi connectivity index (χ1) is 15.8. The number of fused-ring (bicyclic) bond motifs is 1. The maximum Gasteiger partial charge on any atom is 0.326 e. The zero-order valence-corrected chi connectivity index (χ0v) is 21.3. The molecule has 8 heteroatoms. The van der Waals surface area contributed by atoms with Crippen molar-refractivity contribution in [3.8, 4) is 0 Å². The van der Waals surface area contributed by atoms with Gasteiger partial charge in [-0.1, -0.05) is 72.8 Å². The Morgan fingerprint density at radius 2 is 1.26 bits per heavy atom. The Balaban J connectivity index is 0.00000144. The molecule has 2 heterocycles. The minimum atomic E-state index is -0.00965. The van der Waals surface area contributed by atoms with E-state index in [0.29, 0.717) is 6.04 Å². The van der Waals surface area contributed by atoms with E-state index in [2.05, 4.69) is 75.4 Å². The van der Waals surface area contributed by atoms with Gasteiger partial charge in [0.05, 0.1) is 17.1 Å². The van der Waals surface area contributed by atoms with E-state index in [4.69, 9.17) is 0 Å². The van der Waals surface area contributed by atoms with Crippen LogP contribution < -0.4 is 5.69 Å². The highest BCUT2D eigenvalue weighted by atomic mass is 35.5. The zero-order valence-electron chi connectivity index (χ0n) is 19.7. The molecular weight excluding hydrogens is 483 g/mol. The molecule has 0 saturated carbocycles. The standard InChI is InChI=1S/C27H30N4O.2ClH.H2O/c32-27-28-24-14-7-8-15-25(24)31(27)17-9-16-29-18-20-30(21-19-29)26(22-10-3-1-4-11-22)23-12-5-2-6-13-23;;;/h1-8,10-15,26H,9,16-21H2,(H,28,32);2*1H;1H2. The van der Waals surface area contributed by atoms with E-state index in [9.17, 15) is 4.79 Å². The summed E-state index contributed by atoms with van der Waals surface area (Å²) in [6.07, 6.45) is 0.975. The van der Waals surface area contributed by atoms with Crippen molar-refractivity contribution < 1.29 is 5.48 Å². The Morgan fingerprint density at radius 1 is 0.714 bits per heavy atom. The van der Waals surface area contributed by atoms with Gasteiger partial charge in [-0.2, -0.15) is 0 Å². The molecule has 0 spiro atoms. The number of nitrogens with zero attached hydrogens (tertiary/aromatic N) is 3. The lowest BCUT2D eigenvalue weighted by Crippen LogP contribution is -2.48. The van der Waals surface area contributed by atoms with Crippen LogP contribution in [0.2, 0.25) is 0 Å². The van der Waals surface area contributed by atoms with E-state index in [0.717, 1.165) is 56.7 Å². The molecule has 0 unspecified atom stereocenters. The van der Waals surface area contributed by atoms with Crippen LogP contribution in [-0.4, -0.2) is 57.6 Å². The molecule has 0 amide bonds. The number of hydrogen-bond acceptors (Lipinski definition) is 3. The third kappa shape index (κ3) is 6.54. The minimum Gasteiger partial charge on any atom is -0.412 e. The molecule has 1 saturated heterocycles. The highest BCUT2D eigenvalue weighted by Crippen LogP contribution is 2.29. The monoisotopic (exact) mass is 516 g/mol. The highest BCUT2D eigenvalue weighted by molar-refractivity contribution is 5.85. The summed E-state index contributed by atoms with van der Waals surface area (Å²) >= 11 is 0. The number of aromatic nitrogens is 2. The summed E-state index contributed by atoms with van der Waals surface area (Å²) < 4.78 is 1.87. The fourth-order valence-corrected chi connectivity index (χ4v) is 4.91. The molecule has 1 aromatic heterocycles. The number of imidazole rings is 1. The SMILES string of the molecule is Cl.Cl.O.O=c1[nH]c2ccccc2n1CCCN1CCN(C(c2ccccc2)c2ccccc2)CC1. The number of piperazine rings is 1. The lowest BCUT2D eigenvalue weighted by Gasteiger charge is -2.39. The molecule has 0 bridgehead atoms. The van der Waals surface area contributed by atoms with Gasteiger partial charge in [0.15, 0.2) is 0 Å². The normalized spacial score (nSPS) is 14.2. The summed E-state index contributed by atoms with van der Waals surface area (Å²) in [5.74, 6) is 0. The molecule has 0 atom stereocenters. The zero-order chi connectivity index (χ0) is 21.8. The Morgan fingerprint density at radius 3 is 1.86 bits per heavy atom. The second kappa shape index (κ2) is 13.5. The van der Waals surface area contributed by atoms with Crippen LogP contribution in [-0.2, 0) is 6.54 Å². The lowest BCUT2D eigenvalue weighted by molar-refractivity contribution is 0.108. The molecule has 0 aliphatic carbocycles. The van der Waals surface area contributed by atoms with Crippen LogP contribution in [0.3, 0.4) is 0 Å². The van der Waals surface area contributed by atoms with Crippen LogP contribution in [0.25, 0.3) is 11.0 Å². The number of benzene rings is 3. The quantitative estimate of drug-likeness (QED) is 0.400. The van der Waals surface area contributed by atoms with Gasteiger partial charge in [-0.05, 0) is 36.2 Å². The van der Waals surface area contributed by atoms with Crippen molar-refractivity contribution >= 4 is 35.8 Å². The van der Waals surface area contributed by atoms with Crippen molar-refractivity contribution in [3.05, 3.63) is 107 Å². The van der Waals surface area contributed by atoms with Gasteiger partial charge in [-0.3, -0.25) is 9.47 Å². The predicted molar refractivity (Wildman–Crippen MR) is 148 cm³/mol. The fraction of sp³-hybridized carbons (Fsp3) is 0.296. The Hall–Kier alpha value is -2.61. The first kappa shape index (κ1) is 28.6. The van der Waals surface area contributed by atoms with Crippen LogP contribution in [0, 0.1) is 0 Å². The van der Waals surface area contributed by atoms with E-state index in [1.54, 1.807) is 0 Å². The second-order valence-electron chi connectivity index (χ2n) is 8.55. The molecule has 0 radical (unpaired) electrons. The average molecular weight is 518 g/mol. The van der Waals surface area contributed by atoms with Crippen LogP contribution in [0.15, 0.2) is 89.7 Å². The van der Waals surface area contributed by atoms with E-state index >= 15 is 0 Å². The van der Waals surface area contributed by atoms with E-state index in [-0.39, 0.29) is 36.0 Å². The Kier molecular flexibility index (Phi) is 11.0. The summed E-state index contributed by atoms with van der Waals surface area (Å²) in [6, 6.07) is 29.9. The van der Waals surface area contributed by atoms with Gasteiger partial charge in [0, 0.05) is 32.7 Å². The first-order valence-electron chi connectivity index (χ1n) is 11.5. The van der Waals surface area contributed by atoms with E-state index < -0.39 is 0 Å². The lowest BCUT2D eigenvalue weighted by atomic mass is 9.96. The molecule has 1 aliphatic heterocycles. The van der Waals surface area contributed by atoms with E-state index in [1.165, 1.54) is 11.1 Å². The van der Waals surface area contributed by atoms with Gasteiger partial charge in [0.2, 0.25) is 0 Å². The number of aryl methyl sites for hydroxylation is 1. The topological polar surface area (TPSA) is 75.8 Å². The second-order valence-corrected chi connectivity index (χ2v) is 8.55. The molecular formula is C27H34Cl2N4O2. The maximum absolute atomic E-state index is 12.3. The summed E-state index contributed by atoms with van der Waals surface area (Å²) in [7, 11) is 0. The van der Waals surface area contributed by atoms with Crippen molar-refractivity contribution in [1.82, 2.24) is 19.4 Å². The van der Waals surface area contributed by atoms with Crippen molar-refractivity contribution in [2.45, 2.75) is 19.0 Å². The Labute approximate surface area is 218 Å². The van der Waals surface area contributed by atoms with Crippen molar-refractivity contribution in [1.29, 1.82) is 0 Å². The van der Waals surface area contributed by atoms with Gasteiger partial charge in [0.25, 0.3) is 0 Å².